The lowest BCUT2D eigenvalue weighted by Crippen LogP contribution is -2.25. The Bertz CT molecular complexity index is 730. The Balaban J connectivity index is 1.77. The summed E-state index contributed by atoms with van der Waals surface area (Å²) in [5.74, 6) is -1.38. The summed E-state index contributed by atoms with van der Waals surface area (Å²) in [7, 11) is 0. The average molecular weight is 297 g/mol. The molecule has 1 aliphatic heterocycles. The van der Waals surface area contributed by atoms with E-state index in [4.69, 9.17) is 4.74 Å². The fourth-order valence-electron chi connectivity index (χ4n) is 3.01. The number of benzene rings is 1. The molecule has 1 atom stereocenters. The molecule has 2 heterocycles. The second kappa shape index (κ2) is 5.79. The lowest BCUT2D eigenvalue weighted by molar-refractivity contribution is -0.140. The summed E-state index contributed by atoms with van der Waals surface area (Å²) in [4.78, 5) is 24.5. The topological polar surface area (TPSA) is 48.3 Å². The molecule has 1 unspecified atom stereocenters. The Morgan fingerprint density at radius 3 is 2.77 bits per heavy atom. The van der Waals surface area contributed by atoms with Crippen molar-refractivity contribution in [3.8, 4) is 0 Å². The molecule has 0 spiro atoms. The molecule has 0 aliphatic carbocycles. The van der Waals surface area contributed by atoms with E-state index in [1.165, 1.54) is 0 Å². The standard InChI is InChI=1S/C18H19NO3/c1-12-5-3-6-14(9-12)17(20)22-18(21)15-7-4-8-19-11-13(2)10-16(15)19/h3,5-6,9-11,15H,4,7-8H2,1-2H3. The van der Waals surface area contributed by atoms with Crippen LogP contribution in [0.3, 0.4) is 0 Å². The maximum Gasteiger partial charge on any atom is 0.345 e. The zero-order valence-electron chi connectivity index (χ0n) is 12.8. The Hall–Kier alpha value is -2.36. The van der Waals surface area contributed by atoms with Crippen LogP contribution in [0.4, 0.5) is 0 Å². The number of carbonyl (C=O) groups is 2. The van der Waals surface area contributed by atoms with E-state index in [0.29, 0.717) is 5.56 Å². The molecule has 0 saturated heterocycles. The Morgan fingerprint density at radius 1 is 1.18 bits per heavy atom. The van der Waals surface area contributed by atoms with Gasteiger partial charge in [-0.15, -0.1) is 0 Å². The van der Waals surface area contributed by atoms with Crippen molar-refractivity contribution in [2.75, 3.05) is 0 Å². The van der Waals surface area contributed by atoms with Gasteiger partial charge < -0.3 is 9.30 Å². The minimum absolute atomic E-state index is 0.351. The van der Waals surface area contributed by atoms with Crippen LogP contribution in [0.5, 0.6) is 0 Å². The van der Waals surface area contributed by atoms with Crippen molar-refractivity contribution < 1.29 is 14.3 Å². The number of aromatic nitrogens is 1. The number of nitrogens with zero attached hydrogens (tertiary/aromatic N) is 1. The van der Waals surface area contributed by atoms with E-state index in [0.717, 1.165) is 36.2 Å². The summed E-state index contributed by atoms with van der Waals surface area (Å²) in [5, 5.41) is 0. The van der Waals surface area contributed by atoms with Crippen LogP contribution in [0.25, 0.3) is 0 Å². The molecule has 4 heteroatoms. The molecule has 0 radical (unpaired) electrons. The van der Waals surface area contributed by atoms with E-state index in [9.17, 15) is 9.59 Å². The van der Waals surface area contributed by atoms with Crippen LogP contribution in [0.1, 0.15) is 45.9 Å². The summed E-state index contributed by atoms with van der Waals surface area (Å²) in [6.45, 7) is 4.82. The predicted molar refractivity (Wildman–Crippen MR) is 82.7 cm³/mol. The van der Waals surface area contributed by atoms with Crippen LogP contribution in [0.15, 0.2) is 36.5 Å². The van der Waals surface area contributed by atoms with Crippen molar-refractivity contribution in [2.24, 2.45) is 0 Å². The summed E-state index contributed by atoms with van der Waals surface area (Å²) >= 11 is 0. The van der Waals surface area contributed by atoms with Crippen molar-refractivity contribution >= 4 is 11.9 Å². The molecule has 0 N–H and O–H groups in total. The second-order valence-electron chi connectivity index (χ2n) is 5.91. The first-order valence-electron chi connectivity index (χ1n) is 7.54. The van der Waals surface area contributed by atoms with E-state index < -0.39 is 11.9 Å². The molecular formula is C18H19NO3. The lowest BCUT2D eigenvalue weighted by Gasteiger charge is -2.22. The van der Waals surface area contributed by atoms with Gasteiger partial charge in [0.2, 0.25) is 0 Å². The highest BCUT2D eigenvalue weighted by molar-refractivity contribution is 5.98. The quantitative estimate of drug-likeness (QED) is 0.631. The highest BCUT2D eigenvalue weighted by Gasteiger charge is 2.30. The molecule has 0 amide bonds. The van der Waals surface area contributed by atoms with Crippen molar-refractivity contribution in [3.05, 3.63) is 58.9 Å². The minimum Gasteiger partial charge on any atom is -0.389 e. The first-order chi connectivity index (χ1) is 10.5. The number of hydrogen-bond acceptors (Lipinski definition) is 3. The van der Waals surface area contributed by atoms with Gasteiger partial charge in [0.25, 0.3) is 0 Å². The van der Waals surface area contributed by atoms with Crippen LogP contribution in [0.2, 0.25) is 0 Å². The van der Waals surface area contributed by atoms with Crippen molar-refractivity contribution in [3.63, 3.8) is 0 Å². The van der Waals surface area contributed by atoms with Crippen molar-refractivity contribution in [2.45, 2.75) is 39.2 Å². The van der Waals surface area contributed by atoms with Crippen LogP contribution < -0.4 is 0 Å². The molecule has 0 saturated carbocycles. The Morgan fingerprint density at radius 2 is 2.00 bits per heavy atom. The zero-order chi connectivity index (χ0) is 15.7. The summed E-state index contributed by atoms with van der Waals surface area (Å²) in [5.41, 5.74) is 3.45. The highest BCUT2D eigenvalue weighted by Crippen LogP contribution is 2.30. The molecule has 114 valence electrons. The maximum absolute atomic E-state index is 12.4. The van der Waals surface area contributed by atoms with Gasteiger partial charge in [-0.25, -0.2) is 4.79 Å². The lowest BCUT2D eigenvalue weighted by atomic mass is 9.96. The Labute approximate surface area is 129 Å². The van der Waals surface area contributed by atoms with Crippen LogP contribution in [-0.4, -0.2) is 16.5 Å². The Kier molecular flexibility index (Phi) is 3.84. The van der Waals surface area contributed by atoms with Crippen molar-refractivity contribution in [1.29, 1.82) is 0 Å². The van der Waals surface area contributed by atoms with Crippen LogP contribution in [-0.2, 0) is 16.1 Å². The summed E-state index contributed by atoms with van der Waals surface area (Å²) in [6.07, 6.45) is 3.68. The number of hydrogen-bond donors (Lipinski definition) is 0. The molecule has 2 aromatic rings. The van der Waals surface area contributed by atoms with Gasteiger partial charge in [0.15, 0.2) is 0 Å². The average Bonchev–Trinajstić information content (AvgIpc) is 2.87. The van der Waals surface area contributed by atoms with Crippen LogP contribution in [0, 0.1) is 13.8 Å². The first-order valence-corrected chi connectivity index (χ1v) is 7.54. The van der Waals surface area contributed by atoms with Gasteiger partial charge in [0.05, 0.1) is 11.5 Å². The van der Waals surface area contributed by atoms with E-state index in [-0.39, 0.29) is 5.92 Å². The third-order valence-electron chi connectivity index (χ3n) is 4.05. The fourth-order valence-corrected chi connectivity index (χ4v) is 3.01. The normalized spacial score (nSPS) is 16.9. The molecule has 3 rings (SSSR count). The van der Waals surface area contributed by atoms with Gasteiger partial charge in [0, 0.05) is 18.4 Å². The van der Waals surface area contributed by atoms with Gasteiger partial charge >= 0.3 is 11.9 Å². The maximum atomic E-state index is 12.4. The SMILES string of the molecule is Cc1cccc(C(=O)OC(=O)C2CCCn3cc(C)cc32)c1. The van der Waals surface area contributed by atoms with Gasteiger partial charge in [-0.1, -0.05) is 17.7 Å². The predicted octanol–water partition coefficient (Wildman–Crippen LogP) is 3.37. The van der Waals surface area contributed by atoms with E-state index >= 15 is 0 Å². The molecule has 1 aliphatic rings. The number of ether oxygens (including phenoxy) is 1. The molecule has 22 heavy (non-hydrogen) atoms. The van der Waals surface area contributed by atoms with E-state index in [1.807, 2.05) is 32.2 Å². The number of carbonyl (C=O) groups excluding carboxylic acids is 2. The number of aryl methyl sites for hydroxylation is 3. The number of rotatable bonds is 2. The van der Waals surface area contributed by atoms with Crippen LogP contribution >= 0.6 is 0 Å². The monoisotopic (exact) mass is 297 g/mol. The van der Waals surface area contributed by atoms with Gasteiger partial charge in [-0.05, 0) is 50.5 Å². The van der Waals surface area contributed by atoms with Gasteiger partial charge in [-0.2, -0.15) is 0 Å². The van der Waals surface area contributed by atoms with E-state index in [2.05, 4.69) is 4.57 Å². The van der Waals surface area contributed by atoms with Gasteiger partial charge in [-0.3, -0.25) is 4.79 Å². The largest absolute Gasteiger partial charge is 0.389 e. The van der Waals surface area contributed by atoms with Gasteiger partial charge in [0.1, 0.15) is 0 Å². The minimum atomic E-state index is -0.575. The molecule has 1 aromatic carbocycles. The third-order valence-corrected chi connectivity index (χ3v) is 4.05. The second-order valence-corrected chi connectivity index (χ2v) is 5.91. The third kappa shape index (κ3) is 2.82. The van der Waals surface area contributed by atoms with E-state index in [1.54, 1.807) is 18.2 Å². The fraction of sp³-hybridized carbons (Fsp3) is 0.333. The number of fused-ring (bicyclic) bond motifs is 1. The number of esters is 2. The highest BCUT2D eigenvalue weighted by atomic mass is 16.6. The first kappa shape index (κ1) is 14.6. The molecule has 0 bridgehead atoms. The molecule has 4 nitrogen and oxygen atoms in total. The summed E-state index contributed by atoms with van der Waals surface area (Å²) < 4.78 is 7.19. The molecule has 0 fully saturated rings. The van der Waals surface area contributed by atoms with Crippen molar-refractivity contribution in [1.82, 2.24) is 4.57 Å². The molecular weight excluding hydrogens is 278 g/mol. The zero-order valence-corrected chi connectivity index (χ0v) is 12.8. The summed E-state index contributed by atoms with van der Waals surface area (Å²) in [6, 6.07) is 9.07. The smallest absolute Gasteiger partial charge is 0.345 e. The molecule has 1 aromatic heterocycles.